The van der Waals surface area contributed by atoms with E-state index in [1.165, 1.54) is 11.8 Å². The number of carbonyl (C=O) groups excluding carboxylic acids is 1. The molecule has 0 aliphatic carbocycles. The molecule has 1 saturated heterocycles. The topological polar surface area (TPSA) is 35.5 Å². The van der Waals surface area contributed by atoms with Crippen molar-refractivity contribution in [2.24, 2.45) is 5.41 Å². The first kappa shape index (κ1) is 18.2. The van der Waals surface area contributed by atoms with Gasteiger partial charge < -0.3 is 9.47 Å². The van der Waals surface area contributed by atoms with Gasteiger partial charge in [-0.1, -0.05) is 72.5 Å². The van der Waals surface area contributed by atoms with Gasteiger partial charge in [0.1, 0.15) is 0 Å². The van der Waals surface area contributed by atoms with Crippen molar-refractivity contribution in [3.8, 4) is 0 Å². The Labute approximate surface area is 150 Å². The summed E-state index contributed by atoms with van der Waals surface area (Å²) >= 11 is 3.65. The van der Waals surface area contributed by atoms with Crippen LogP contribution in [0.5, 0.6) is 0 Å². The van der Waals surface area contributed by atoms with Gasteiger partial charge in [-0.25, -0.2) is 0 Å². The Balaban J connectivity index is 1.96. The van der Waals surface area contributed by atoms with E-state index >= 15 is 0 Å². The minimum atomic E-state index is -0.308. The van der Waals surface area contributed by atoms with Crippen LogP contribution in [0.2, 0.25) is 0 Å². The smallest absolute Gasteiger partial charge is 0.219 e. The average molecular weight is 434 g/mol. The summed E-state index contributed by atoms with van der Waals surface area (Å²) in [5.41, 5.74) is 1.88. The molecule has 0 unspecified atom stereocenters. The molecule has 0 radical (unpaired) electrons. The second-order valence-electron chi connectivity index (χ2n) is 5.61. The van der Waals surface area contributed by atoms with Gasteiger partial charge in [0, 0.05) is 26.7 Å². The lowest BCUT2D eigenvalue weighted by molar-refractivity contribution is -0.235. The van der Waals surface area contributed by atoms with Gasteiger partial charge in [0.05, 0.1) is 13.2 Å². The predicted octanol–water partition coefficient (Wildman–Crippen LogP) is 4.85. The molecule has 1 heterocycles. The molecule has 2 rings (SSSR count). The van der Waals surface area contributed by atoms with E-state index in [1.807, 2.05) is 24.3 Å². The molecule has 1 aromatic rings. The summed E-state index contributed by atoms with van der Waals surface area (Å²) < 4.78 is 12.8. The normalized spacial score (nSPS) is 18.3. The quantitative estimate of drug-likeness (QED) is 0.474. The molecule has 0 atom stereocenters. The van der Waals surface area contributed by atoms with Gasteiger partial charge in [-0.15, -0.1) is 0 Å². The van der Waals surface area contributed by atoms with Crippen molar-refractivity contribution >= 4 is 39.5 Å². The van der Waals surface area contributed by atoms with Crippen LogP contribution in [0.4, 0.5) is 0 Å². The highest BCUT2D eigenvalue weighted by molar-refractivity contribution is 14.1. The fraction of sp³-hybridized carbons (Fsp3) is 0.588. The maximum Gasteiger partial charge on any atom is 0.219 e. The maximum atomic E-state index is 12.0. The van der Waals surface area contributed by atoms with Crippen LogP contribution in [0.1, 0.15) is 48.9 Å². The number of rotatable bonds is 6. The van der Waals surface area contributed by atoms with Gasteiger partial charge in [0.15, 0.2) is 6.29 Å². The van der Waals surface area contributed by atoms with Crippen molar-refractivity contribution in [1.29, 1.82) is 0 Å². The molecule has 5 heteroatoms. The van der Waals surface area contributed by atoms with Crippen molar-refractivity contribution in [3.63, 3.8) is 0 Å². The summed E-state index contributed by atoms with van der Waals surface area (Å²) in [6.45, 7) is 5.84. The molecule has 22 heavy (non-hydrogen) atoms. The van der Waals surface area contributed by atoms with Crippen LogP contribution >= 0.6 is 34.4 Å². The summed E-state index contributed by atoms with van der Waals surface area (Å²) in [6, 6.07) is 7.61. The fourth-order valence-corrected chi connectivity index (χ4v) is 3.66. The Morgan fingerprint density at radius 2 is 1.82 bits per heavy atom. The lowest BCUT2D eigenvalue weighted by atomic mass is 9.83. The van der Waals surface area contributed by atoms with Crippen LogP contribution in [-0.2, 0) is 9.47 Å². The Morgan fingerprint density at radius 1 is 1.23 bits per heavy atom. The number of alkyl halides is 1. The Bertz CT molecular complexity index is 475. The molecule has 0 saturated carbocycles. The molecule has 0 spiro atoms. The zero-order valence-electron chi connectivity index (χ0n) is 13.1. The molecule has 1 aliphatic rings. The van der Waals surface area contributed by atoms with Gasteiger partial charge in [0.25, 0.3) is 0 Å². The first-order valence-electron chi connectivity index (χ1n) is 7.70. The second kappa shape index (κ2) is 8.66. The molecular formula is C17H23IO3S. The van der Waals surface area contributed by atoms with Gasteiger partial charge in [-0.3, -0.25) is 4.79 Å². The zero-order valence-corrected chi connectivity index (χ0v) is 16.1. The second-order valence-corrected chi connectivity index (χ2v) is 7.75. The predicted molar refractivity (Wildman–Crippen MR) is 99.8 cm³/mol. The SMILES string of the molecule is CCC1(CC)COC(c2ccc(C(=O)SCCI)cc2)OC1. The average Bonchev–Trinajstić information content (AvgIpc) is 2.60. The van der Waals surface area contributed by atoms with Crippen molar-refractivity contribution in [1.82, 2.24) is 0 Å². The molecule has 0 amide bonds. The Hall–Kier alpha value is -0.110. The summed E-state index contributed by atoms with van der Waals surface area (Å²) in [5, 5.41) is 0.129. The number of benzene rings is 1. The summed E-state index contributed by atoms with van der Waals surface area (Å²) in [6.07, 6.45) is 1.83. The van der Waals surface area contributed by atoms with Crippen LogP contribution in [0, 0.1) is 5.41 Å². The van der Waals surface area contributed by atoms with Crippen LogP contribution in [0.15, 0.2) is 24.3 Å². The van der Waals surface area contributed by atoms with Gasteiger partial charge in [0.2, 0.25) is 5.12 Å². The van der Waals surface area contributed by atoms with Crippen molar-refractivity contribution < 1.29 is 14.3 Å². The van der Waals surface area contributed by atoms with E-state index in [1.54, 1.807) is 0 Å². The van der Waals surface area contributed by atoms with E-state index in [0.29, 0.717) is 0 Å². The van der Waals surface area contributed by atoms with E-state index in [0.717, 1.165) is 47.4 Å². The summed E-state index contributed by atoms with van der Waals surface area (Å²) in [5.74, 6) is 0.853. The van der Waals surface area contributed by atoms with Gasteiger partial charge in [-0.2, -0.15) is 0 Å². The molecule has 1 aliphatic heterocycles. The number of hydrogen-bond acceptors (Lipinski definition) is 4. The highest BCUT2D eigenvalue weighted by Crippen LogP contribution is 2.36. The zero-order chi connectivity index (χ0) is 16.0. The van der Waals surface area contributed by atoms with Crippen LogP contribution in [-0.4, -0.2) is 28.5 Å². The van der Waals surface area contributed by atoms with E-state index in [-0.39, 0.29) is 16.8 Å². The van der Waals surface area contributed by atoms with Gasteiger partial charge in [-0.05, 0) is 12.8 Å². The number of hydrogen-bond donors (Lipinski definition) is 0. The van der Waals surface area contributed by atoms with Crippen LogP contribution < -0.4 is 0 Å². The maximum absolute atomic E-state index is 12.0. The largest absolute Gasteiger partial charge is 0.348 e. The third-order valence-corrected chi connectivity index (χ3v) is 6.49. The Morgan fingerprint density at radius 3 is 2.32 bits per heavy atom. The standard InChI is InChI=1S/C17H23IO3S/c1-3-17(4-2)11-20-16(21-12-17)14-7-5-13(6-8-14)15(19)22-10-9-18/h5-8,16H,3-4,9-12H2,1-2H3. The van der Waals surface area contributed by atoms with E-state index in [9.17, 15) is 4.79 Å². The van der Waals surface area contributed by atoms with Gasteiger partial charge >= 0.3 is 0 Å². The Kier molecular flexibility index (Phi) is 7.18. The highest BCUT2D eigenvalue weighted by Gasteiger charge is 2.34. The third kappa shape index (κ3) is 4.46. The summed E-state index contributed by atoms with van der Waals surface area (Å²) in [7, 11) is 0. The lowest BCUT2D eigenvalue weighted by Gasteiger charge is -2.39. The van der Waals surface area contributed by atoms with Crippen molar-refractivity contribution in [2.75, 3.05) is 23.4 Å². The molecule has 0 N–H and O–H groups in total. The van der Waals surface area contributed by atoms with E-state index in [2.05, 4.69) is 36.4 Å². The third-order valence-electron chi connectivity index (χ3n) is 4.31. The highest BCUT2D eigenvalue weighted by atomic mass is 127. The fourth-order valence-electron chi connectivity index (χ4n) is 2.44. The van der Waals surface area contributed by atoms with Crippen LogP contribution in [0.25, 0.3) is 0 Å². The lowest BCUT2D eigenvalue weighted by Crippen LogP contribution is -2.37. The number of thioether (sulfide) groups is 1. The minimum absolute atomic E-state index is 0.129. The molecule has 122 valence electrons. The molecular weight excluding hydrogens is 411 g/mol. The van der Waals surface area contributed by atoms with Crippen LogP contribution in [0.3, 0.4) is 0 Å². The van der Waals surface area contributed by atoms with E-state index < -0.39 is 0 Å². The first-order valence-corrected chi connectivity index (χ1v) is 10.2. The molecule has 3 nitrogen and oxygen atoms in total. The molecule has 1 fully saturated rings. The number of ether oxygens (including phenoxy) is 2. The first-order chi connectivity index (χ1) is 10.6. The monoisotopic (exact) mass is 434 g/mol. The van der Waals surface area contributed by atoms with Crippen molar-refractivity contribution in [2.45, 2.75) is 33.0 Å². The number of halogens is 1. The molecule has 0 aromatic heterocycles. The number of carbonyl (C=O) groups is 1. The molecule has 0 bridgehead atoms. The van der Waals surface area contributed by atoms with E-state index in [4.69, 9.17) is 9.47 Å². The summed E-state index contributed by atoms with van der Waals surface area (Å²) in [4.78, 5) is 12.0. The minimum Gasteiger partial charge on any atom is -0.348 e. The molecule has 1 aromatic carbocycles. The van der Waals surface area contributed by atoms with Crippen molar-refractivity contribution in [3.05, 3.63) is 35.4 Å².